The fourth-order valence-corrected chi connectivity index (χ4v) is 3.56. The van der Waals surface area contributed by atoms with Crippen molar-refractivity contribution in [3.63, 3.8) is 0 Å². The van der Waals surface area contributed by atoms with Gasteiger partial charge in [0.2, 0.25) is 0 Å². The maximum atomic E-state index is 12.5. The average molecular weight is 426 g/mol. The number of aromatic nitrogens is 2. The number of H-pyrrole nitrogens is 1. The molecule has 2 amide bonds. The van der Waals surface area contributed by atoms with Crippen LogP contribution < -0.4 is 15.7 Å². The van der Waals surface area contributed by atoms with Crippen LogP contribution in [0.5, 0.6) is 0 Å². The summed E-state index contributed by atoms with van der Waals surface area (Å²) in [5.74, 6) is -0.617. The van der Waals surface area contributed by atoms with E-state index in [-0.39, 0.29) is 28.6 Å². The molecule has 3 N–H and O–H groups in total. The number of nitrogens with one attached hydrogen (secondary N) is 3. The zero-order valence-corrected chi connectivity index (χ0v) is 17.0. The van der Waals surface area contributed by atoms with Crippen LogP contribution in [0.1, 0.15) is 39.4 Å². The molecule has 10 heteroatoms. The highest BCUT2D eigenvalue weighted by Crippen LogP contribution is 2.29. The van der Waals surface area contributed by atoms with Gasteiger partial charge < -0.3 is 15.2 Å². The third-order valence-corrected chi connectivity index (χ3v) is 5.60. The number of aryl methyl sites for hydroxylation is 1. The summed E-state index contributed by atoms with van der Waals surface area (Å²) < 4.78 is 0. The molecule has 1 fully saturated rings. The van der Waals surface area contributed by atoms with Gasteiger partial charge in [0.1, 0.15) is 5.69 Å². The van der Waals surface area contributed by atoms with Gasteiger partial charge in [0.15, 0.2) is 0 Å². The second kappa shape index (κ2) is 8.81. The van der Waals surface area contributed by atoms with E-state index in [0.29, 0.717) is 16.3 Å². The quantitative estimate of drug-likeness (QED) is 0.639. The first kappa shape index (κ1) is 20.4. The van der Waals surface area contributed by atoms with Crippen LogP contribution in [0.3, 0.4) is 0 Å². The normalized spacial score (nSPS) is 14.8. The molecule has 0 unspecified atom stereocenters. The number of hydrogen-bond donors (Lipinski definition) is 3. The van der Waals surface area contributed by atoms with Crippen LogP contribution in [0.4, 0.5) is 5.69 Å². The lowest BCUT2D eigenvalue weighted by Crippen LogP contribution is -2.45. The number of hydrogen-bond acceptors (Lipinski definition) is 5. The van der Waals surface area contributed by atoms with Gasteiger partial charge in [-0.1, -0.05) is 23.2 Å². The number of hydroxylamine groups is 1. The van der Waals surface area contributed by atoms with Gasteiger partial charge in [0, 0.05) is 31.0 Å². The molecule has 150 valence electrons. The summed E-state index contributed by atoms with van der Waals surface area (Å²) in [7, 11) is 1.38. The van der Waals surface area contributed by atoms with Crippen molar-refractivity contribution in [3.05, 3.63) is 45.5 Å². The molecule has 0 bridgehead atoms. The Kier molecular flexibility index (Phi) is 6.43. The van der Waals surface area contributed by atoms with E-state index < -0.39 is 0 Å². The Balaban J connectivity index is 1.59. The largest absolute Gasteiger partial charge is 0.370 e. The molecule has 0 atom stereocenters. The molecule has 1 saturated heterocycles. The first-order valence-electron chi connectivity index (χ1n) is 8.78. The van der Waals surface area contributed by atoms with Gasteiger partial charge >= 0.3 is 0 Å². The van der Waals surface area contributed by atoms with Crippen LogP contribution in [0, 0.1) is 6.92 Å². The molecule has 0 aromatic carbocycles. The number of carbonyl (C=O) groups is 2. The Morgan fingerprint density at radius 3 is 2.54 bits per heavy atom. The highest BCUT2D eigenvalue weighted by Gasteiger charge is 2.24. The van der Waals surface area contributed by atoms with E-state index in [9.17, 15) is 9.59 Å². The maximum Gasteiger partial charge on any atom is 0.276 e. The number of piperidine rings is 1. The first-order chi connectivity index (χ1) is 13.4. The summed E-state index contributed by atoms with van der Waals surface area (Å²) in [4.78, 5) is 38.2. The fourth-order valence-electron chi connectivity index (χ4n) is 3.14. The van der Waals surface area contributed by atoms with Gasteiger partial charge in [-0.2, -0.15) is 0 Å². The monoisotopic (exact) mass is 425 g/mol. The second-order valence-electron chi connectivity index (χ2n) is 6.55. The Hall–Kier alpha value is -2.29. The highest BCUT2D eigenvalue weighted by atomic mass is 35.5. The number of aromatic amines is 1. The minimum Gasteiger partial charge on any atom is -0.370 e. The number of pyridine rings is 1. The summed E-state index contributed by atoms with van der Waals surface area (Å²) in [6.45, 7) is 3.21. The summed E-state index contributed by atoms with van der Waals surface area (Å²) in [6.07, 6.45) is 4.71. The number of anilines is 1. The van der Waals surface area contributed by atoms with Gasteiger partial charge in [0.05, 0.1) is 34.6 Å². The molecule has 8 nitrogen and oxygen atoms in total. The van der Waals surface area contributed by atoms with Crippen molar-refractivity contribution in [2.75, 3.05) is 25.1 Å². The van der Waals surface area contributed by atoms with Crippen molar-refractivity contribution >= 4 is 40.7 Å². The minimum absolute atomic E-state index is 0.0233. The number of carbonyl (C=O) groups excluding carboxylic acids is 2. The molecule has 0 spiro atoms. The van der Waals surface area contributed by atoms with Crippen molar-refractivity contribution in [1.29, 1.82) is 0 Å². The van der Waals surface area contributed by atoms with E-state index >= 15 is 0 Å². The van der Waals surface area contributed by atoms with Gasteiger partial charge in [-0.15, -0.1) is 0 Å². The summed E-state index contributed by atoms with van der Waals surface area (Å²) in [6, 6.07) is 1.79. The molecule has 28 heavy (non-hydrogen) atoms. The minimum atomic E-state index is -0.351. The lowest BCUT2D eigenvalue weighted by atomic mass is 10.0. The highest BCUT2D eigenvalue weighted by molar-refractivity contribution is 6.44. The molecule has 2 aromatic heterocycles. The van der Waals surface area contributed by atoms with E-state index in [1.54, 1.807) is 19.2 Å². The van der Waals surface area contributed by atoms with E-state index in [0.717, 1.165) is 31.6 Å². The smallest absolute Gasteiger partial charge is 0.276 e. The molecule has 3 rings (SSSR count). The Morgan fingerprint density at radius 1 is 1.21 bits per heavy atom. The molecule has 0 aliphatic carbocycles. The third kappa shape index (κ3) is 4.40. The Labute approximate surface area is 172 Å². The van der Waals surface area contributed by atoms with Crippen molar-refractivity contribution in [3.8, 4) is 0 Å². The molecule has 1 aliphatic heterocycles. The third-order valence-electron chi connectivity index (χ3n) is 4.66. The van der Waals surface area contributed by atoms with Crippen LogP contribution in [0.25, 0.3) is 0 Å². The van der Waals surface area contributed by atoms with Crippen molar-refractivity contribution in [2.45, 2.75) is 25.8 Å². The molecule has 2 aromatic rings. The zero-order chi connectivity index (χ0) is 20.3. The van der Waals surface area contributed by atoms with Crippen molar-refractivity contribution < 1.29 is 14.4 Å². The van der Waals surface area contributed by atoms with Gasteiger partial charge in [-0.05, 0) is 25.8 Å². The second-order valence-corrected chi connectivity index (χ2v) is 7.31. The van der Waals surface area contributed by atoms with E-state index in [2.05, 4.69) is 30.5 Å². The Morgan fingerprint density at radius 2 is 1.93 bits per heavy atom. The first-order valence-corrected chi connectivity index (χ1v) is 9.54. The van der Waals surface area contributed by atoms with E-state index in [1.165, 1.54) is 13.3 Å². The molecular formula is C18H21Cl2N5O3. The molecular weight excluding hydrogens is 405 g/mol. The fraction of sp³-hybridized carbons (Fsp3) is 0.389. The predicted molar refractivity (Wildman–Crippen MR) is 107 cm³/mol. The number of nitrogens with zero attached hydrogens (tertiary/aromatic N) is 2. The molecule has 0 saturated carbocycles. The SMILES string of the molecule is CONC(=O)c1cncc(N2CCC(NC(=O)c3[nH]c(C)c(Cl)c3Cl)CC2)c1. The maximum absolute atomic E-state index is 12.5. The molecule has 3 heterocycles. The zero-order valence-electron chi connectivity index (χ0n) is 15.5. The predicted octanol–water partition coefficient (Wildman–Crippen LogP) is 2.71. The van der Waals surface area contributed by atoms with Crippen LogP contribution in [0.15, 0.2) is 18.5 Å². The number of amides is 2. The Bertz CT molecular complexity index is 878. The molecule has 1 aliphatic rings. The lowest BCUT2D eigenvalue weighted by molar-refractivity contribution is 0.0537. The number of halogens is 2. The van der Waals surface area contributed by atoms with Crippen molar-refractivity contribution in [2.24, 2.45) is 0 Å². The summed E-state index contributed by atoms with van der Waals surface area (Å²) in [5.41, 5.74) is 4.50. The van der Waals surface area contributed by atoms with Crippen LogP contribution in [0.2, 0.25) is 10.0 Å². The summed E-state index contributed by atoms with van der Waals surface area (Å²) in [5, 5.41) is 3.61. The number of rotatable bonds is 5. The lowest BCUT2D eigenvalue weighted by Gasteiger charge is -2.33. The van der Waals surface area contributed by atoms with Gasteiger partial charge in [-0.25, -0.2) is 5.48 Å². The molecule has 0 radical (unpaired) electrons. The van der Waals surface area contributed by atoms with Crippen LogP contribution >= 0.6 is 23.2 Å². The van der Waals surface area contributed by atoms with Crippen LogP contribution in [-0.2, 0) is 4.84 Å². The standard InChI is InChI=1S/C18H21Cl2N5O3/c1-10-14(19)15(20)16(22-10)18(27)23-12-3-5-25(6-4-12)13-7-11(8-21-9-13)17(26)24-28-2/h7-9,12,22H,3-6H2,1-2H3,(H,23,27)(H,24,26). The van der Waals surface area contributed by atoms with Gasteiger partial charge in [-0.3, -0.25) is 19.4 Å². The van der Waals surface area contributed by atoms with Crippen LogP contribution in [-0.4, -0.2) is 48.0 Å². The van der Waals surface area contributed by atoms with E-state index in [1.807, 2.05) is 0 Å². The van der Waals surface area contributed by atoms with Gasteiger partial charge in [0.25, 0.3) is 11.8 Å². The van der Waals surface area contributed by atoms with Crippen molar-refractivity contribution in [1.82, 2.24) is 20.8 Å². The summed E-state index contributed by atoms with van der Waals surface area (Å²) >= 11 is 12.1. The average Bonchev–Trinajstić information content (AvgIpc) is 2.96. The van der Waals surface area contributed by atoms with E-state index in [4.69, 9.17) is 23.2 Å². The topological polar surface area (TPSA) is 99.3 Å².